The molecule has 0 saturated heterocycles. The number of unbranched alkanes of at least 4 members (excludes halogenated alkanes) is 1. The molecule has 116 valence electrons. The minimum atomic E-state index is 0.201. The lowest BCUT2D eigenvalue weighted by Gasteiger charge is -2.33. The molecule has 21 heavy (non-hydrogen) atoms. The summed E-state index contributed by atoms with van der Waals surface area (Å²) in [6.07, 6.45) is 3.88. The largest absolute Gasteiger partial charge is 0.369 e. The van der Waals surface area contributed by atoms with Crippen LogP contribution >= 0.6 is 0 Å². The van der Waals surface area contributed by atoms with Gasteiger partial charge in [-0.1, -0.05) is 39.8 Å². The predicted octanol–water partition coefficient (Wildman–Crippen LogP) is 5.28. The summed E-state index contributed by atoms with van der Waals surface area (Å²) in [5.74, 6) is 0. The molecule has 1 unspecified atom stereocenters. The van der Waals surface area contributed by atoms with E-state index < -0.39 is 0 Å². The van der Waals surface area contributed by atoms with Gasteiger partial charge in [-0.3, -0.25) is 0 Å². The van der Waals surface area contributed by atoms with Crippen molar-refractivity contribution in [2.45, 2.75) is 71.8 Å². The van der Waals surface area contributed by atoms with Gasteiger partial charge in [0.25, 0.3) is 0 Å². The van der Waals surface area contributed by atoms with Crippen molar-refractivity contribution in [3.63, 3.8) is 0 Å². The monoisotopic (exact) mass is 286 g/mol. The van der Waals surface area contributed by atoms with Crippen LogP contribution in [-0.2, 0) is 5.41 Å². The van der Waals surface area contributed by atoms with Crippen LogP contribution in [0.15, 0.2) is 24.3 Å². The minimum Gasteiger partial charge on any atom is -0.369 e. The van der Waals surface area contributed by atoms with E-state index in [9.17, 15) is 0 Å². The zero-order valence-electron chi connectivity index (χ0n) is 14.3. The van der Waals surface area contributed by atoms with Gasteiger partial charge in [0.1, 0.15) is 0 Å². The van der Waals surface area contributed by atoms with E-state index in [0.29, 0.717) is 12.5 Å². The topological polar surface area (TPSA) is 27.0 Å². The molecule has 1 rings (SSSR count). The second-order valence-corrected chi connectivity index (χ2v) is 6.70. The fourth-order valence-electron chi connectivity index (χ4n) is 2.80. The highest BCUT2D eigenvalue weighted by Crippen LogP contribution is 2.27. The third-order valence-corrected chi connectivity index (χ3v) is 4.14. The first kappa shape index (κ1) is 17.6. The highest BCUT2D eigenvalue weighted by Gasteiger charge is 2.17. The molecule has 0 aliphatic rings. The molecule has 0 amide bonds. The Kier molecular flexibility index (Phi) is 6.75. The van der Waals surface area contributed by atoms with Gasteiger partial charge < -0.3 is 4.90 Å². The summed E-state index contributed by atoms with van der Waals surface area (Å²) in [5.41, 5.74) is 2.88. The van der Waals surface area contributed by atoms with Crippen LogP contribution in [0.3, 0.4) is 0 Å². The fourth-order valence-corrected chi connectivity index (χ4v) is 2.80. The van der Waals surface area contributed by atoms with Crippen molar-refractivity contribution in [3.8, 4) is 6.07 Å². The Morgan fingerprint density at radius 2 is 1.76 bits per heavy atom. The molecule has 2 nitrogen and oxygen atoms in total. The zero-order chi connectivity index (χ0) is 15.9. The number of nitriles is 1. The summed E-state index contributed by atoms with van der Waals surface area (Å²) >= 11 is 0. The molecule has 0 saturated carbocycles. The lowest BCUT2D eigenvalue weighted by atomic mass is 9.87. The average Bonchev–Trinajstić information content (AvgIpc) is 2.46. The molecular weight excluding hydrogens is 256 g/mol. The van der Waals surface area contributed by atoms with E-state index in [-0.39, 0.29) is 5.41 Å². The Labute approximate surface area is 130 Å². The number of anilines is 1. The van der Waals surface area contributed by atoms with Crippen LogP contribution < -0.4 is 4.90 Å². The van der Waals surface area contributed by atoms with Crippen molar-refractivity contribution in [1.29, 1.82) is 5.26 Å². The summed E-state index contributed by atoms with van der Waals surface area (Å²) in [5, 5.41) is 8.71. The Morgan fingerprint density at radius 3 is 2.19 bits per heavy atom. The molecule has 2 heteroatoms. The van der Waals surface area contributed by atoms with Crippen LogP contribution in [0.2, 0.25) is 0 Å². The van der Waals surface area contributed by atoms with Crippen molar-refractivity contribution in [2.75, 3.05) is 11.4 Å². The van der Waals surface area contributed by atoms with Gasteiger partial charge in [0.2, 0.25) is 0 Å². The number of nitrogens with zero attached hydrogens (tertiary/aromatic N) is 2. The molecule has 0 aromatic heterocycles. The molecule has 0 fully saturated rings. The first-order valence-electron chi connectivity index (χ1n) is 8.18. The van der Waals surface area contributed by atoms with Gasteiger partial charge in [0.15, 0.2) is 0 Å². The SMILES string of the molecule is CCC(CCCC#N)N(CC)c1ccc(C(C)(C)C)cc1. The van der Waals surface area contributed by atoms with Crippen LogP contribution in [-0.4, -0.2) is 12.6 Å². The van der Waals surface area contributed by atoms with E-state index in [1.54, 1.807) is 0 Å². The first-order valence-corrected chi connectivity index (χ1v) is 8.18. The Morgan fingerprint density at radius 1 is 1.14 bits per heavy atom. The molecule has 1 aromatic carbocycles. The molecular formula is C19H30N2. The average molecular weight is 286 g/mol. The zero-order valence-corrected chi connectivity index (χ0v) is 14.3. The van der Waals surface area contributed by atoms with Gasteiger partial charge in [-0.25, -0.2) is 0 Å². The van der Waals surface area contributed by atoms with Crippen molar-refractivity contribution in [2.24, 2.45) is 0 Å². The molecule has 0 aliphatic heterocycles. The van der Waals surface area contributed by atoms with E-state index in [4.69, 9.17) is 5.26 Å². The third kappa shape index (κ3) is 5.08. The molecule has 0 aliphatic carbocycles. The minimum absolute atomic E-state index is 0.201. The highest BCUT2D eigenvalue weighted by molar-refractivity contribution is 5.49. The van der Waals surface area contributed by atoms with Crippen molar-refractivity contribution < 1.29 is 0 Å². The smallest absolute Gasteiger partial charge is 0.0621 e. The van der Waals surface area contributed by atoms with Crippen LogP contribution in [0.4, 0.5) is 5.69 Å². The maximum absolute atomic E-state index is 8.71. The lowest BCUT2D eigenvalue weighted by molar-refractivity contribution is 0.527. The van der Waals surface area contributed by atoms with Crippen molar-refractivity contribution >= 4 is 5.69 Å². The van der Waals surface area contributed by atoms with Gasteiger partial charge in [0.05, 0.1) is 6.07 Å². The summed E-state index contributed by atoms with van der Waals surface area (Å²) in [4.78, 5) is 2.48. The van der Waals surface area contributed by atoms with Crippen LogP contribution in [0.25, 0.3) is 0 Å². The normalized spacial score (nSPS) is 12.8. The van der Waals surface area contributed by atoms with Crippen molar-refractivity contribution in [3.05, 3.63) is 29.8 Å². The van der Waals surface area contributed by atoms with Gasteiger partial charge >= 0.3 is 0 Å². The van der Waals surface area contributed by atoms with E-state index in [2.05, 4.69) is 69.9 Å². The third-order valence-electron chi connectivity index (χ3n) is 4.14. The van der Waals surface area contributed by atoms with E-state index in [1.165, 1.54) is 11.3 Å². The van der Waals surface area contributed by atoms with E-state index >= 15 is 0 Å². The molecule has 0 bridgehead atoms. The maximum atomic E-state index is 8.71. The first-order chi connectivity index (χ1) is 9.93. The Bertz CT molecular complexity index is 448. The Balaban J connectivity index is 2.85. The molecule has 0 spiro atoms. The number of rotatable bonds is 7. The standard InChI is InChI=1S/C19H30N2/c1-6-17(10-8-9-15-20)21(7-2)18-13-11-16(12-14-18)19(3,4)5/h11-14,17H,6-10H2,1-5H3. The number of hydrogen-bond donors (Lipinski definition) is 0. The number of benzene rings is 1. The second kappa shape index (κ2) is 8.08. The molecule has 0 heterocycles. The lowest BCUT2D eigenvalue weighted by Crippen LogP contribution is -2.34. The van der Waals surface area contributed by atoms with E-state index in [1.807, 2.05) is 0 Å². The molecule has 1 atom stereocenters. The van der Waals surface area contributed by atoms with Gasteiger partial charge in [-0.2, -0.15) is 5.26 Å². The fraction of sp³-hybridized carbons (Fsp3) is 0.632. The summed E-state index contributed by atoms with van der Waals surface area (Å²) < 4.78 is 0. The summed E-state index contributed by atoms with van der Waals surface area (Å²) in [6.45, 7) is 12.2. The van der Waals surface area contributed by atoms with Gasteiger partial charge in [-0.05, 0) is 49.3 Å². The van der Waals surface area contributed by atoms with Gasteiger partial charge in [-0.15, -0.1) is 0 Å². The Hall–Kier alpha value is -1.49. The maximum Gasteiger partial charge on any atom is 0.0621 e. The number of hydrogen-bond acceptors (Lipinski definition) is 2. The van der Waals surface area contributed by atoms with Crippen LogP contribution in [0, 0.1) is 11.3 Å². The summed E-state index contributed by atoms with van der Waals surface area (Å²) in [7, 11) is 0. The summed E-state index contributed by atoms with van der Waals surface area (Å²) in [6, 6.07) is 11.8. The highest BCUT2D eigenvalue weighted by atomic mass is 15.2. The quantitative estimate of drug-likeness (QED) is 0.637. The van der Waals surface area contributed by atoms with Gasteiger partial charge in [0, 0.05) is 24.7 Å². The molecule has 1 aromatic rings. The van der Waals surface area contributed by atoms with Crippen LogP contribution in [0.1, 0.15) is 65.9 Å². The predicted molar refractivity (Wildman–Crippen MR) is 91.7 cm³/mol. The van der Waals surface area contributed by atoms with Crippen LogP contribution in [0.5, 0.6) is 0 Å². The van der Waals surface area contributed by atoms with E-state index in [0.717, 1.165) is 25.8 Å². The molecule has 0 radical (unpaired) electrons. The molecule has 0 N–H and O–H groups in total. The van der Waals surface area contributed by atoms with Crippen molar-refractivity contribution in [1.82, 2.24) is 0 Å². The second-order valence-electron chi connectivity index (χ2n) is 6.70.